The first-order valence-electron chi connectivity index (χ1n) is 8.79. The van der Waals surface area contributed by atoms with Gasteiger partial charge in [-0.3, -0.25) is 14.2 Å². The van der Waals surface area contributed by atoms with Crippen LogP contribution in [0.2, 0.25) is 0 Å². The lowest BCUT2D eigenvalue weighted by Gasteiger charge is -2.11. The number of carbonyl (C=O) groups excluding carboxylic acids is 2. The number of hydrogen-bond acceptors (Lipinski definition) is 6. The highest BCUT2D eigenvalue weighted by Crippen LogP contribution is 2.27. The molecule has 1 aromatic carbocycles. The summed E-state index contributed by atoms with van der Waals surface area (Å²) in [6.45, 7) is 4.07. The fourth-order valence-electron chi connectivity index (χ4n) is 2.87. The van der Waals surface area contributed by atoms with Crippen molar-refractivity contribution in [2.45, 2.75) is 20.4 Å². The molecule has 3 rings (SSSR count). The number of fused-ring (bicyclic) bond motifs is 1. The predicted octanol–water partition coefficient (Wildman–Crippen LogP) is 2.69. The van der Waals surface area contributed by atoms with Gasteiger partial charge >= 0.3 is 5.97 Å². The van der Waals surface area contributed by atoms with Gasteiger partial charge in [-0.2, -0.15) is 0 Å². The zero-order valence-corrected chi connectivity index (χ0v) is 17.0. The normalized spacial score (nSPS) is 10.9. The number of ether oxygens (including phenoxy) is 1. The molecule has 0 radical (unpaired) electrons. The van der Waals surface area contributed by atoms with Crippen LogP contribution in [0.25, 0.3) is 10.2 Å². The van der Waals surface area contributed by atoms with Crippen LogP contribution in [0.5, 0.6) is 0 Å². The van der Waals surface area contributed by atoms with Crippen molar-refractivity contribution in [3.63, 3.8) is 0 Å². The van der Waals surface area contributed by atoms with Crippen LogP contribution >= 0.6 is 11.3 Å². The summed E-state index contributed by atoms with van der Waals surface area (Å²) >= 11 is 1.17. The Balaban J connectivity index is 1.93. The molecule has 7 nitrogen and oxygen atoms in total. The maximum Gasteiger partial charge on any atom is 0.348 e. The molecule has 0 aliphatic heterocycles. The van der Waals surface area contributed by atoms with E-state index >= 15 is 0 Å². The van der Waals surface area contributed by atoms with Crippen molar-refractivity contribution in [2.75, 3.05) is 20.7 Å². The van der Waals surface area contributed by atoms with Crippen molar-refractivity contribution >= 4 is 33.4 Å². The number of nitrogens with zero attached hydrogens (tertiary/aromatic N) is 3. The van der Waals surface area contributed by atoms with Gasteiger partial charge in [-0.15, -0.1) is 11.3 Å². The molecule has 0 unspecified atom stereocenters. The highest BCUT2D eigenvalue weighted by Gasteiger charge is 2.20. The quantitative estimate of drug-likeness (QED) is 0.616. The standard InChI is InChI=1S/C20H21N3O4S/c1-5-27-20(26)16-12(2)15-17(28-16)21-11-23(19(15)25)10-13-6-8-14(9-7-13)18(24)22(3)4/h6-9,11H,5,10H2,1-4H3. The smallest absolute Gasteiger partial charge is 0.348 e. The topological polar surface area (TPSA) is 81.5 Å². The minimum Gasteiger partial charge on any atom is -0.462 e. The molecule has 0 N–H and O–H groups in total. The monoisotopic (exact) mass is 399 g/mol. The molecular formula is C20H21N3O4S. The molecule has 2 heterocycles. The molecule has 0 saturated heterocycles. The van der Waals surface area contributed by atoms with Crippen LogP contribution < -0.4 is 5.56 Å². The van der Waals surface area contributed by atoms with Crippen molar-refractivity contribution in [1.82, 2.24) is 14.5 Å². The van der Waals surface area contributed by atoms with E-state index < -0.39 is 5.97 Å². The number of carbonyl (C=O) groups is 2. The first kappa shape index (κ1) is 19.8. The predicted molar refractivity (Wildman–Crippen MR) is 108 cm³/mol. The van der Waals surface area contributed by atoms with Gasteiger partial charge in [0.2, 0.25) is 0 Å². The average molecular weight is 399 g/mol. The number of thiophene rings is 1. The van der Waals surface area contributed by atoms with Crippen molar-refractivity contribution < 1.29 is 14.3 Å². The number of hydrogen-bond donors (Lipinski definition) is 0. The molecule has 0 atom stereocenters. The number of amides is 1. The van der Waals surface area contributed by atoms with Crippen LogP contribution in [0.15, 0.2) is 35.4 Å². The molecule has 3 aromatic rings. The molecule has 146 valence electrons. The molecule has 1 amide bonds. The van der Waals surface area contributed by atoms with Crippen LogP contribution in [0.4, 0.5) is 0 Å². The third kappa shape index (κ3) is 3.68. The van der Waals surface area contributed by atoms with Crippen molar-refractivity contribution in [1.29, 1.82) is 0 Å². The summed E-state index contributed by atoms with van der Waals surface area (Å²) in [4.78, 5) is 43.8. The Kier molecular flexibility index (Phi) is 5.60. The first-order chi connectivity index (χ1) is 13.3. The molecule has 0 spiro atoms. The summed E-state index contributed by atoms with van der Waals surface area (Å²) in [5.74, 6) is -0.512. The molecule has 0 aliphatic rings. The SMILES string of the molecule is CCOC(=O)c1sc2ncn(Cc3ccc(C(=O)N(C)C)cc3)c(=O)c2c1C. The summed E-state index contributed by atoms with van der Waals surface area (Å²) < 4.78 is 6.55. The number of rotatable bonds is 5. The van der Waals surface area contributed by atoms with Gasteiger partial charge in [0.25, 0.3) is 11.5 Å². The number of aromatic nitrogens is 2. The van der Waals surface area contributed by atoms with Gasteiger partial charge in [0, 0.05) is 19.7 Å². The summed E-state index contributed by atoms with van der Waals surface area (Å²) in [7, 11) is 3.40. The Morgan fingerprint density at radius 3 is 2.50 bits per heavy atom. The summed E-state index contributed by atoms with van der Waals surface area (Å²) in [5, 5.41) is 0.440. The second-order valence-corrected chi connectivity index (χ2v) is 7.53. The van der Waals surface area contributed by atoms with E-state index in [0.29, 0.717) is 32.8 Å². The Hall–Kier alpha value is -3.00. The number of esters is 1. The van der Waals surface area contributed by atoms with E-state index in [0.717, 1.165) is 5.56 Å². The fourth-order valence-corrected chi connectivity index (χ4v) is 3.90. The van der Waals surface area contributed by atoms with Crippen molar-refractivity contribution in [2.24, 2.45) is 0 Å². The van der Waals surface area contributed by atoms with Crippen LogP contribution in [0, 0.1) is 6.92 Å². The summed E-state index contributed by atoms with van der Waals surface area (Å²) in [5.41, 5.74) is 1.85. The zero-order chi connectivity index (χ0) is 20.4. The fraction of sp³-hybridized carbons (Fsp3) is 0.300. The molecule has 0 bridgehead atoms. The van der Waals surface area contributed by atoms with E-state index in [4.69, 9.17) is 4.74 Å². The second kappa shape index (κ2) is 7.93. The van der Waals surface area contributed by atoms with E-state index in [1.165, 1.54) is 27.1 Å². The summed E-state index contributed by atoms with van der Waals surface area (Å²) in [6, 6.07) is 7.11. The van der Waals surface area contributed by atoms with Gasteiger partial charge < -0.3 is 9.64 Å². The van der Waals surface area contributed by atoms with Gasteiger partial charge in [-0.25, -0.2) is 9.78 Å². The minimum atomic E-state index is -0.435. The molecule has 2 aromatic heterocycles. The highest BCUT2D eigenvalue weighted by atomic mass is 32.1. The number of aryl methyl sites for hydroxylation is 1. The number of benzene rings is 1. The Morgan fingerprint density at radius 2 is 1.89 bits per heavy atom. The average Bonchev–Trinajstić information content (AvgIpc) is 3.01. The largest absolute Gasteiger partial charge is 0.462 e. The molecule has 0 aliphatic carbocycles. The van der Waals surface area contributed by atoms with E-state index in [2.05, 4.69) is 4.98 Å². The lowest BCUT2D eigenvalue weighted by Crippen LogP contribution is -2.22. The van der Waals surface area contributed by atoms with Crippen LogP contribution in [0.1, 0.15) is 38.1 Å². The molecular weight excluding hydrogens is 378 g/mol. The first-order valence-corrected chi connectivity index (χ1v) is 9.61. The van der Waals surface area contributed by atoms with E-state index in [9.17, 15) is 14.4 Å². The lowest BCUT2D eigenvalue weighted by molar-refractivity contribution is 0.0531. The van der Waals surface area contributed by atoms with E-state index in [1.807, 2.05) is 12.1 Å². The minimum absolute atomic E-state index is 0.0767. The molecule has 0 fully saturated rings. The van der Waals surface area contributed by atoms with Crippen LogP contribution in [0.3, 0.4) is 0 Å². The van der Waals surface area contributed by atoms with Gasteiger partial charge in [0.05, 0.1) is 24.9 Å². The van der Waals surface area contributed by atoms with Crippen LogP contribution in [-0.4, -0.2) is 47.0 Å². The van der Waals surface area contributed by atoms with E-state index in [1.54, 1.807) is 40.1 Å². The zero-order valence-electron chi connectivity index (χ0n) is 16.2. The second-order valence-electron chi connectivity index (χ2n) is 6.53. The van der Waals surface area contributed by atoms with Crippen molar-refractivity contribution in [3.8, 4) is 0 Å². The Bertz CT molecular complexity index is 1100. The highest BCUT2D eigenvalue weighted by molar-refractivity contribution is 7.20. The third-order valence-corrected chi connectivity index (χ3v) is 5.52. The Morgan fingerprint density at radius 1 is 1.21 bits per heavy atom. The van der Waals surface area contributed by atoms with Gasteiger partial charge in [0.1, 0.15) is 9.71 Å². The van der Waals surface area contributed by atoms with E-state index in [-0.39, 0.29) is 18.1 Å². The van der Waals surface area contributed by atoms with Crippen LogP contribution in [-0.2, 0) is 11.3 Å². The van der Waals surface area contributed by atoms with Gasteiger partial charge in [0.15, 0.2) is 0 Å². The molecule has 0 saturated carbocycles. The summed E-state index contributed by atoms with van der Waals surface area (Å²) in [6.07, 6.45) is 1.48. The maximum absolute atomic E-state index is 12.9. The lowest BCUT2D eigenvalue weighted by atomic mass is 10.1. The Labute approximate surface area is 166 Å². The molecule has 28 heavy (non-hydrogen) atoms. The third-order valence-electron chi connectivity index (χ3n) is 4.34. The van der Waals surface area contributed by atoms with Gasteiger partial charge in [-0.1, -0.05) is 12.1 Å². The van der Waals surface area contributed by atoms with Gasteiger partial charge in [-0.05, 0) is 37.1 Å². The molecule has 8 heteroatoms. The maximum atomic E-state index is 12.9. The van der Waals surface area contributed by atoms with Crippen molar-refractivity contribution in [3.05, 3.63) is 62.5 Å².